The van der Waals surface area contributed by atoms with Gasteiger partial charge in [0.15, 0.2) is 0 Å². The molecular weight excluding hydrogens is 138 g/mol. The third-order valence-electron chi connectivity index (χ3n) is 2.14. The van der Waals surface area contributed by atoms with Crippen LogP contribution in [0.4, 0.5) is 0 Å². The van der Waals surface area contributed by atoms with Gasteiger partial charge in [-0.05, 0) is 19.8 Å². The zero-order chi connectivity index (χ0) is 8.27. The lowest BCUT2D eigenvalue weighted by molar-refractivity contribution is -0.129. The van der Waals surface area contributed by atoms with Crippen molar-refractivity contribution in [3.8, 4) is 0 Å². The first-order chi connectivity index (χ1) is 5.24. The summed E-state index contributed by atoms with van der Waals surface area (Å²) in [5.74, 6) is 0.188. The molecule has 11 heavy (non-hydrogen) atoms. The molecule has 1 aliphatic rings. The molecule has 0 unspecified atom stereocenters. The number of allylic oxidation sites excluding steroid dienone is 1. The second-order valence-electron chi connectivity index (χ2n) is 2.87. The number of carbonyl (C=O) groups is 1. The van der Waals surface area contributed by atoms with E-state index in [1.165, 1.54) is 5.57 Å². The van der Waals surface area contributed by atoms with Crippen LogP contribution < -0.4 is 0 Å². The summed E-state index contributed by atoms with van der Waals surface area (Å²) in [7, 11) is 0. The Morgan fingerprint density at radius 1 is 1.55 bits per heavy atom. The highest BCUT2D eigenvalue weighted by Gasteiger charge is 2.14. The number of rotatable bonds is 0. The van der Waals surface area contributed by atoms with Gasteiger partial charge in [-0.3, -0.25) is 4.79 Å². The zero-order valence-corrected chi connectivity index (χ0v) is 6.97. The molecule has 0 atom stereocenters. The summed E-state index contributed by atoms with van der Waals surface area (Å²) in [5.41, 5.74) is 1.38. The van der Waals surface area contributed by atoms with Crippen LogP contribution in [-0.4, -0.2) is 23.9 Å². The monoisotopic (exact) mass is 152 g/mol. The van der Waals surface area contributed by atoms with Crippen LogP contribution in [0, 0.1) is 6.92 Å². The molecule has 1 heterocycles. The minimum atomic E-state index is 0.188. The molecule has 1 amide bonds. The lowest BCUT2D eigenvalue weighted by Crippen LogP contribution is -2.34. The molecule has 0 spiro atoms. The largest absolute Gasteiger partial charge is 0.342 e. The van der Waals surface area contributed by atoms with E-state index in [9.17, 15) is 4.79 Å². The van der Waals surface area contributed by atoms with Crippen LogP contribution in [0.5, 0.6) is 0 Å². The van der Waals surface area contributed by atoms with Crippen molar-refractivity contribution in [3.63, 3.8) is 0 Å². The standard InChI is InChI=1S/C9H14NO/c1-3-9-4-6-10(7-5-9)8(2)11/h3H,1,4-7H2,2H3. The van der Waals surface area contributed by atoms with Gasteiger partial charge < -0.3 is 4.90 Å². The average Bonchev–Trinajstić information content (AvgIpc) is 2.05. The molecule has 2 nitrogen and oxygen atoms in total. The molecule has 0 aromatic heterocycles. The molecule has 0 aliphatic carbocycles. The topological polar surface area (TPSA) is 20.3 Å². The van der Waals surface area contributed by atoms with Crippen LogP contribution in [0.25, 0.3) is 0 Å². The maximum Gasteiger partial charge on any atom is 0.219 e. The highest BCUT2D eigenvalue weighted by Crippen LogP contribution is 2.15. The van der Waals surface area contributed by atoms with E-state index in [0.29, 0.717) is 0 Å². The Labute approximate surface area is 67.9 Å². The van der Waals surface area contributed by atoms with Gasteiger partial charge in [-0.2, -0.15) is 0 Å². The summed E-state index contributed by atoms with van der Waals surface area (Å²) < 4.78 is 0. The maximum absolute atomic E-state index is 10.9. The number of hydrogen-bond acceptors (Lipinski definition) is 1. The summed E-state index contributed by atoms with van der Waals surface area (Å²) in [4.78, 5) is 12.8. The van der Waals surface area contributed by atoms with Crippen molar-refractivity contribution in [1.82, 2.24) is 4.90 Å². The lowest BCUT2D eigenvalue weighted by atomic mass is 10.0. The van der Waals surface area contributed by atoms with Gasteiger partial charge in [0.1, 0.15) is 0 Å². The Bertz CT molecular complexity index is 174. The fourth-order valence-corrected chi connectivity index (χ4v) is 1.31. The first-order valence-corrected chi connectivity index (χ1v) is 3.96. The fraction of sp³-hybridized carbons (Fsp3) is 0.556. The van der Waals surface area contributed by atoms with Crippen LogP contribution >= 0.6 is 0 Å². The Kier molecular flexibility index (Phi) is 2.69. The molecule has 1 aliphatic heterocycles. The minimum absolute atomic E-state index is 0.188. The first kappa shape index (κ1) is 8.31. The molecule has 1 radical (unpaired) electrons. The summed E-state index contributed by atoms with van der Waals surface area (Å²) in [5, 5.41) is 0. The van der Waals surface area contributed by atoms with Crippen LogP contribution in [-0.2, 0) is 4.79 Å². The van der Waals surface area contributed by atoms with Crippen molar-refractivity contribution in [2.24, 2.45) is 0 Å². The van der Waals surface area contributed by atoms with Gasteiger partial charge >= 0.3 is 0 Å². The lowest BCUT2D eigenvalue weighted by Gasteiger charge is -2.27. The molecule has 2 heteroatoms. The van der Waals surface area contributed by atoms with Crippen molar-refractivity contribution < 1.29 is 4.79 Å². The quantitative estimate of drug-likeness (QED) is 0.513. The highest BCUT2D eigenvalue weighted by atomic mass is 16.2. The Morgan fingerprint density at radius 2 is 2.09 bits per heavy atom. The highest BCUT2D eigenvalue weighted by molar-refractivity contribution is 5.73. The molecule has 0 saturated carbocycles. The third-order valence-corrected chi connectivity index (χ3v) is 2.14. The van der Waals surface area contributed by atoms with Crippen molar-refractivity contribution in [1.29, 1.82) is 0 Å². The SMILES string of the molecule is [CH2]C=C1CCN(C(C)=O)CC1. The van der Waals surface area contributed by atoms with Crippen molar-refractivity contribution in [2.45, 2.75) is 19.8 Å². The molecule has 1 saturated heterocycles. The van der Waals surface area contributed by atoms with Crippen molar-refractivity contribution >= 4 is 5.91 Å². The summed E-state index contributed by atoms with van der Waals surface area (Å²) in [6.07, 6.45) is 3.92. The Hall–Kier alpha value is -0.790. The van der Waals surface area contributed by atoms with E-state index in [4.69, 9.17) is 0 Å². The van der Waals surface area contributed by atoms with Crippen LogP contribution in [0.15, 0.2) is 11.6 Å². The van der Waals surface area contributed by atoms with Gasteiger partial charge in [-0.15, -0.1) is 0 Å². The van der Waals surface area contributed by atoms with E-state index < -0.39 is 0 Å². The smallest absolute Gasteiger partial charge is 0.219 e. The van der Waals surface area contributed by atoms with E-state index >= 15 is 0 Å². The number of likely N-dealkylation sites (tertiary alicyclic amines) is 1. The molecule has 0 N–H and O–H groups in total. The van der Waals surface area contributed by atoms with Gasteiger partial charge in [0.2, 0.25) is 5.91 Å². The molecule has 1 fully saturated rings. The van der Waals surface area contributed by atoms with E-state index in [0.717, 1.165) is 25.9 Å². The van der Waals surface area contributed by atoms with E-state index in [2.05, 4.69) is 6.92 Å². The average molecular weight is 152 g/mol. The second kappa shape index (κ2) is 3.56. The summed E-state index contributed by atoms with van der Waals surface area (Å²) in [6.45, 7) is 7.08. The van der Waals surface area contributed by atoms with E-state index in [-0.39, 0.29) is 5.91 Å². The molecular formula is C9H14NO. The Balaban J connectivity index is 2.42. The van der Waals surface area contributed by atoms with E-state index in [1.54, 1.807) is 6.92 Å². The van der Waals surface area contributed by atoms with E-state index in [1.807, 2.05) is 11.0 Å². The van der Waals surface area contributed by atoms with Crippen LogP contribution in [0.3, 0.4) is 0 Å². The predicted molar refractivity (Wildman–Crippen MR) is 44.9 cm³/mol. The van der Waals surface area contributed by atoms with Crippen LogP contribution in [0.2, 0.25) is 0 Å². The first-order valence-electron chi connectivity index (χ1n) is 3.96. The second-order valence-corrected chi connectivity index (χ2v) is 2.87. The number of piperidine rings is 1. The summed E-state index contributed by atoms with van der Waals surface area (Å²) >= 11 is 0. The summed E-state index contributed by atoms with van der Waals surface area (Å²) in [6, 6.07) is 0. The van der Waals surface area contributed by atoms with Gasteiger partial charge in [-0.25, -0.2) is 0 Å². The van der Waals surface area contributed by atoms with Crippen molar-refractivity contribution in [3.05, 3.63) is 18.6 Å². The predicted octanol–water partition coefficient (Wildman–Crippen LogP) is 1.39. The maximum atomic E-state index is 10.9. The molecule has 61 valence electrons. The van der Waals surface area contributed by atoms with Crippen molar-refractivity contribution in [2.75, 3.05) is 13.1 Å². The van der Waals surface area contributed by atoms with Crippen LogP contribution in [0.1, 0.15) is 19.8 Å². The molecule has 0 aromatic carbocycles. The third kappa shape index (κ3) is 2.07. The van der Waals surface area contributed by atoms with Gasteiger partial charge in [-0.1, -0.05) is 11.6 Å². The Morgan fingerprint density at radius 3 is 2.45 bits per heavy atom. The minimum Gasteiger partial charge on any atom is -0.342 e. The number of carbonyl (C=O) groups excluding carboxylic acids is 1. The molecule has 1 rings (SSSR count). The fourth-order valence-electron chi connectivity index (χ4n) is 1.31. The number of amides is 1. The van der Waals surface area contributed by atoms with Gasteiger partial charge in [0.25, 0.3) is 0 Å². The van der Waals surface area contributed by atoms with Gasteiger partial charge in [0.05, 0.1) is 0 Å². The normalized spacial score (nSPS) is 18.4. The molecule has 0 bridgehead atoms. The van der Waals surface area contributed by atoms with Gasteiger partial charge in [0, 0.05) is 20.0 Å². The number of nitrogens with zero attached hydrogens (tertiary/aromatic N) is 1. The molecule has 0 aromatic rings. The number of hydrogen-bond donors (Lipinski definition) is 0. The zero-order valence-electron chi connectivity index (χ0n) is 6.97.